The number of aromatic hydroxyl groups is 1. The fourth-order valence-electron chi connectivity index (χ4n) is 0.867. The summed E-state index contributed by atoms with van der Waals surface area (Å²) in [5, 5.41) is 8.99. The summed E-state index contributed by atoms with van der Waals surface area (Å²) in [6, 6.07) is 1.33. The fraction of sp³-hybridized carbons (Fsp3) is 0.300. The zero-order chi connectivity index (χ0) is 12.7. The molecule has 0 saturated carbocycles. The van der Waals surface area contributed by atoms with Crippen molar-refractivity contribution in [2.24, 2.45) is 0 Å². The molecule has 0 saturated heterocycles. The minimum absolute atomic E-state index is 0.0802. The number of alkyl halides is 2. The lowest BCUT2D eigenvalue weighted by molar-refractivity contribution is -0.0500. The van der Waals surface area contributed by atoms with E-state index < -0.39 is 29.5 Å². The molecule has 6 heteroatoms. The first-order valence-electron chi connectivity index (χ1n) is 4.47. The van der Waals surface area contributed by atoms with E-state index in [1.165, 1.54) is 0 Å². The van der Waals surface area contributed by atoms with Crippen LogP contribution < -0.4 is 4.74 Å². The summed E-state index contributed by atoms with van der Waals surface area (Å²) in [4.78, 5) is 10.2. The molecular weight excluding hydrogens is 225 g/mol. The van der Waals surface area contributed by atoms with E-state index in [2.05, 4.69) is 4.74 Å². The summed E-state index contributed by atoms with van der Waals surface area (Å²) in [6.07, 6.45) is 0.0802. The van der Waals surface area contributed by atoms with Crippen molar-refractivity contribution in [3.05, 3.63) is 23.5 Å². The van der Waals surface area contributed by atoms with Crippen LogP contribution in [-0.2, 0) is 0 Å². The van der Waals surface area contributed by atoms with Gasteiger partial charge in [0.25, 0.3) is 0 Å². The first-order chi connectivity index (χ1) is 7.54. The number of ether oxygens (including phenoxy) is 1. The third-order valence-electron chi connectivity index (χ3n) is 1.42. The summed E-state index contributed by atoms with van der Waals surface area (Å²) >= 11 is 0. The molecule has 0 aliphatic carbocycles. The molecule has 1 N–H and O–H groups in total. The number of carbonyl (C=O) groups excluding carboxylic acids is 1. The number of phenolic OH excluding ortho intramolecular Hbond substituents is 1. The standard InChI is InChI=1S/C8H5F3O3.C2H6/c9-6-1-4(14-8(10)11)2-7(13)5(6)3-12;1-2/h1-3,8,13H;1-2H3. The number of halogens is 3. The predicted octanol–water partition coefficient (Wildman–Crippen LogP) is 2.97. The second kappa shape index (κ2) is 6.71. The Morgan fingerprint density at radius 1 is 1.38 bits per heavy atom. The van der Waals surface area contributed by atoms with E-state index in [4.69, 9.17) is 5.11 Å². The van der Waals surface area contributed by atoms with Gasteiger partial charge in [-0.05, 0) is 0 Å². The summed E-state index contributed by atoms with van der Waals surface area (Å²) in [5.41, 5.74) is -0.591. The normalized spacial score (nSPS) is 9.38. The van der Waals surface area contributed by atoms with E-state index in [1.807, 2.05) is 13.8 Å². The Bertz CT molecular complexity index is 330. The van der Waals surface area contributed by atoms with Crippen LogP contribution in [0.3, 0.4) is 0 Å². The van der Waals surface area contributed by atoms with E-state index in [1.54, 1.807) is 0 Å². The molecule has 16 heavy (non-hydrogen) atoms. The number of aldehydes is 1. The molecule has 0 atom stereocenters. The average Bonchev–Trinajstić information content (AvgIpc) is 2.19. The highest BCUT2D eigenvalue weighted by Gasteiger charge is 2.12. The van der Waals surface area contributed by atoms with E-state index in [0.29, 0.717) is 6.07 Å². The summed E-state index contributed by atoms with van der Waals surface area (Å²) in [6.45, 7) is 0.885. The molecule has 0 aliphatic heterocycles. The van der Waals surface area contributed by atoms with Crippen molar-refractivity contribution in [2.75, 3.05) is 0 Å². The molecule has 0 unspecified atom stereocenters. The lowest BCUT2D eigenvalue weighted by Crippen LogP contribution is -2.02. The number of rotatable bonds is 3. The van der Waals surface area contributed by atoms with Gasteiger partial charge in [0.2, 0.25) is 0 Å². The maximum atomic E-state index is 12.8. The summed E-state index contributed by atoms with van der Waals surface area (Å²) in [7, 11) is 0. The van der Waals surface area contributed by atoms with Crippen molar-refractivity contribution in [3.63, 3.8) is 0 Å². The van der Waals surface area contributed by atoms with Gasteiger partial charge < -0.3 is 9.84 Å². The molecule has 0 spiro atoms. The van der Waals surface area contributed by atoms with Gasteiger partial charge in [0.15, 0.2) is 6.29 Å². The quantitative estimate of drug-likeness (QED) is 0.820. The van der Waals surface area contributed by atoms with Crippen molar-refractivity contribution in [1.29, 1.82) is 0 Å². The topological polar surface area (TPSA) is 46.5 Å². The van der Waals surface area contributed by atoms with Gasteiger partial charge in [0.05, 0.1) is 5.56 Å². The number of benzene rings is 1. The molecule has 1 aromatic rings. The Morgan fingerprint density at radius 3 is 2.31 bits per heavy atom. The SMILES string of the molecule is CC.O=Cc1c(O)cc(OC(F)F)cc1F. The molecule has 0 fully saturated rings. The number of carbonyl (C=O) groups is 1. The van der Waals surface area contributed by atoms with Crippen LogP contribution in [0.2, 0.25) is 0 Å². The van der Waals surface area contributed by atoms with E-state index >= 15 is 0 Å². The number of hydrogen-bond acceptors (Lipinski definition) is 3. The van der Waals surface area contributed by atoms with Crippen LogP contribution in [0.15, 0.2) is 12.1 Å². The lowest BCUT2D eigenvalue weighted by Gasteiger charge is -2.06. The van der Waals surface area contributed by atoms with E-state index in [0.717, 1.165) is 6.07 Å². The van der Waals surface area contributed by atoms with Crippen molar-refractivity contribution in [3.8, 4) is 11.5 Å². The van der Waals surface area contributed by atoms with Crippen molar-refractivity contribution in [2.45, 2.75) is 20.5 Å². The van der Waals surface area contributed by atoms with Gasteiger partial charge in [-0.1, -0.05) is 13.8 Å². The van der Waals surface area contributed by atoms with Gasteiger partial charge >= 0.3 is 6.61 Å². The maximum absolute atomic E-state index is 12.8. The van der Waals surface area contributed by atoms with Crippen LogP contribution in [-0.4, -0.2) is 18.0 Å². The van der Waals surface area contributed by atoms with Crippen molar-refractivity contribution >= 4 is 6.29 Å². The molecule has 0 amide bonds. The first kappa shape index (κ1) is 14.3. The average molecular weight is 236 g/mol. The molecule has 90 valence electrons. The number of hydrogen-bond donors (Lipinski definition) is 1. The minimum atomic E-state index is -3.11. The van der Waals surface area contributed by atoms with Crippen molar-refractivity contribution < 1.29 is 27.8 Å². The maximum Gasteiger partial charge on any atom is 0.387 e. The summed E-state index contributed by atoms with van der Waals surface area (Å²) < 4.78 is 40.0. The Labute approximate surface area is 90.5 Å². The van der Waals surface area contributed by atoms with Crippen LogP contribution >= 0.6 is 0 Å². The molecule has 0 bridgehead atoms. The second-order valence-electron chi connectivity index (χ2n) is 2.33. The van der Waals surface area contributed by atoms with Gasteiger partial charge in [-0.2, -0.15) is 8.78 Å². The molecular formula is C10H11F3O3. The lowest BCUT2D eigenvalue weighted by atomic mass is 10.2. The van der Waals surface area contributed by atoms with Crippen LogP contribution in [0.25, 0.3) is 0 Å². The van der Waals surface area contributed by atoms with Gasteiger partial charge in [0, 0.05) is 12.1 Å². The predicted molar refractivity (Wildman–Crippen MR) is 51.4 cm³/mol. The summed E-state index contributed by atoms with van der Waals surface area (Å²) in [5.74, 6) is -2.40. The van der Waals surface area contributed by atoms with Crippen molar-refractivity contribution in [1.82, 2.24) is 0 Å². The van der Waals surface area contributed by atoms with E-state index in [9.17, 15) is 18.0 Å². The Balaban J connectivity index is 0.00000106. The monoisotopic (exact) mass is 236 g/mol. The van der Waals surface area contributed by atoms with Crippen LogP contribution in [0.4, 0.5) is 13.2 Å². The molecule has 0 heterocycles. The van der Waals surface area contributed by atoms with Crippen LogP contribution in [0.5, 0.6) is 11.5 Å². The van der Waals surface area contributed by atoms with E-state index in [-0.39, 0.29) is 6.29 Å². The highest BCUT2D eigenvalue weighted by Crippen LogP contribution is 2.26. The van der Waals surface area contributed by atoms with Crippen LogP contribution in [0, 0.1) is 5.82 Å². The fourth-order valence-corrected chi connectivity index (χ4v) is 0.867. The van der Waals surface area contributed by atoms with Gasteiger partial charge in [-0.3, -0.25) is 4.79 Å². The largest absolute Gasteiger partial charge is 0.507 e. The first-order valence-corrected chi connectivity index (χ1v) is 4.47. The highest BCUT2D eigenvalue weighted by molar-refractivity contribution is 5.79. The zero-order valence-corrected chi connectivity index (χ0v) is 8.71. The molecule has 1 aromatic carbocycles. The zero-order valence-electron chi connectivity index (χ0n) is 8.71. The molecule has 0 radical (unpaired) electrons. The Hall–Kier alpha value is -1.72. The number of phenols is 1. The molecule has 0 aliphatic rings. The van der Waals surface area contributed by atoms with Gasteiger partial charge in [-0.25, -0.2) is 4.39 Å². The third kappa shape index (κ3) is 3.80. The smallest absolute Gasteiger partial charge is 0.387 e. The second-order valence-corrected chi connectivity index (χ2v) is 2.33. The third-order valence-corrected chi connectivity index (χ3v) is 1.42. The minimum Gasteiger partial charge on any atom is -0.507 e. The van der Waals surface area contributed by atoms with Crippen LogP contribution in [0.1, 0.15) is 24.2 Å². The Kier molecular flexibility index (Phi) is 5.99. The molecule has 1 rings (SSSR count). The van der Waals surface area contributed by atoms with Gasteiger partial charge in [-0.15, -0.1) is 0 Å². The Morgan fingerprint density at radius 2 is 1.94 bits per heavy atom. The highest BCUT2D eigenvalue weighted by atomic mass is 19.3. The molecule has 3 nitrogen and oxygen atoms in total. The van der Waals surface area contributed by atoms with Gasteiger partial charge in [0.1, 0.15) is 17.3 Å². The molecule has 0 aromatic heterocycles.